The van der Waals surface area contributed by atoms with Crippen LogP contribution in [-0.4, -0.2) is 14.2 Å². The first-order valence-corrected chi connectivity index (χ1v) is 3.69. The highest BCUT2D eigenvalue weighted by molar-refractivity contribution is 5.43. The van der Waals surface area contributed by atoms with Crippen LogP contribution in [0.5, 0.6) is 11.5 Å². The van der Waals surface area contributed by atoms with Gasteiger partial charge in [0, 0.05) is 11.6 Å². The molecule has 0 aliphatic carbocycles. The minimum absolute atomic E-state index is 0.0300. The average molecular weight is 188 g/mol. The van der Waals surface area contributed by atoms with E-state index in [-0.39, 0.29) is 11.3 Å². The number of benzene rings is 1. The number of methoxy groups -OCH3 is 2. The second-order valence-electron chi connectivity index (χ2n) is 2.43. The Morgan fingerprint density at radius 1 is 1.15 bits per heavy atom. The summed E-state index contributed by atoms with van der Waals surface area (Å²) in [6.45, 7) is -0.855. The summed E-state index contributed by atoms with van der Waals surface area (Å²) in [5, 5.41) is 0. The summed E-state index contributed by atoms with van der Waals surface area (Å²) < 4.78 is 34.9. The predicted molar refractivity (Wildman–Crippen MR) is 44.3 cm³/mol. The normalized spacial score (nSPS) is 9.85. The first-order valence-electron chi connectivity index (χ1n) is 3.69. The summed E-state index contributed by atoms with van der Waals surface area (Å²) in [7, 11) is 2.81. The molecular formula is C9H10F2O2. The van der Waals surface area contributed by atoms with Crippen LogP contribution in [0.3, 0.4) is 0 Å². The molecule has 0 spiro atoms. The number of halogens is 2. The van der Waals surface area contributed by atoms with Gasteiger partial charge in [-0.15, -0.1) is 0 Å². The molecule has 0 N–H and O–H groups in total. The maximum absolute atomic E-state index is 13.0. The highest BCUT2D eigenvalue weighted by atomic mass is 19.1. The molecule has 0 saturated carbocycles. The van der Waals surface area contributed by atoms with Crippen molar-refractivity contribution in [1.29, 1.82) is 0 Å². The van der Waals surface area contributed by atoms with E-state index in [0.29, 0.717) is 5.75 Å². The highest BCUT2D eigenvalue weighted by Gasteiger charge is 2.10. The van der Waals surface area contributed by atoms with Crippen LogP contribution in [0, 0.1) is 5.82 Å². The van der Waals surface area contributed by atoms with Gasteiger partial charge >= 0.3 is 0 Å². The van der Waals surface area contributed by atoms with Crippen molar-refractivity contribution in [2.24, 2.45) is 0 Å². The molecule has 1 aromatic rings. The van der Waals surface area contributed by atoms with E-state index in [1.807, 2.05) is 0 Å². The second kappa shape index (κ2) is 4.07. The molecule has 1 rings (SSSR count). The minimum atomic E-state index is -0.855. The minimum Gasteiger partial charge on any atom is -0.493 e. The molecule has 0 aromatic heterocycles. The van der Waals surface area contributed by atoms with Gasteiger partial charge in [-0.25, -0.2) is 8.78 Å². The highest BCUT2D eigenvalue weighted by Crippen LogP contribution is 2.29. The molecule has 0 amide bonds. The van der Waals surface area contributed by atoms with Gasteiger partial charge in [0.2, 0.25) is 0 Å². The largest absolute Gasteiger partial charge is 0.493 e. The van der Waals surface area contributed by atoms with Crippen LogP contribution in [0.1, 0.15) is 5.56 Å². The Bertz CT molecular complexity index is 300. The quantitative estimate of drug-likeness (QED) is 0.724. The lowest BCUT2D eigenvalue weighted by molar-refractivity contribution is 0.349. The molecule has 0 radical (unpaired) electrons. The van der Waals surface area contributed by atoms with Crippen LogP contribution in [0.25, 0.3) is 0 Å². The molecule has 0 saturated heterocycles. The first kappa shape index (κ1) is 9.77. The van der Waals surface area contributed by atoms with E-state index in [2.05, 4.69) is 0 Å². The van der Waals surface area contributed by atoms with E-state index in [0.717, 1.165) is 6.07 Å². The van der Waals surface area contributed by atoms with E-state index in [9.17, 15) is 8.78 Å². The fourth-order valence-corrected chi connectivity index (χ4v) is 0.999. The Balaban J connectivity index is 3.18. The van der Waals surface area contributed by atoms with Gasteiger partial charge in [-0.1, -0.05) is 0 Å². The third-order valence-electron chi connectivity index (χ3n) is 1.70. The van der Waals surface area contributed by atoms with Crippen molar-refractivity contribution in [2.75, 3.05) is 14.2 Å². The van der Waals surface area contributed by atoms with Crippen molar-refractivity contribution in [1.82, 2.24) is 0 Å². The zero-order chi connectivity index (χ0) is 9.84. The van der Waals surface area contributed by atoms with Crippen LogP contribution in [0.2, 0.25) is 0 Å². The molecule has 0 heterocycles. The maximum atomic E-state index is 13.0. The first-order chi connectivity index (χ1) is 6.22. The van der Waals surface area contributed by atoms with Gasteiger partial charge in [0.05, 0.1) is 14.2 Å². The summed E-state index contributed by atoms with van der Waals surface area (Å²) in [5.74, 6) is -0.0334. The van der Waals surface area contributed by atoms with Gasteiger partial charge in [-0.3, -0.25) is 0 Å². The predicted octanol–water partition coefficient (Wildman–Crippen LogP) is 2.31. The number of hydrogen-bond donors (Lipinski definition) is 0. The van der Waals surface area contributed by atoms with Crippen LogP contribution < -0.4 is 9.47 Å². The molecule has 1 aromatic carbocycles. The number of alkyl halides is 1. The summed E-state index contributed by atoms with van der Waals surface area (Å²) in [5.41, 5.74) is -0.0300. The van der Waals surface area contributed by atoms with Crippen molar-refractivity contribution in [3.05, 3.63) is 23.5 Å². The van der Waals surface area contributed by atoms with Crippen molar-refractivity contribution in [3.63, 3.8) is 0 Å². The third-order valence-corrected chi connectivity index (χ3v) is 1.70. The molecular weight excluding hydrogens is 178 g/mol. The van der Waals surface area contributed by atoms with E-state index in [1.165, 1.54) is 20.3 Å². The van der Waals surface area contributed by atoms with Crippen molar-refractivity contribution < 1.29 is 18.3 Å². The Morgan fingerprint density at radius 3 is 2.15 bits per heavy atom. The molecule has 0 aliphatic rings. The monoisotopic (exact) mass is 188 g/mol. The maximum Gasteiger partial charge on any atom is 0.163 e. The van der Waals surface area contributed by atoms with E-state index < -0.39 is 12.5 Å². The van der Waals surface area contributed by atoms with Crippen molar-refractivity contribution in [3.8, 4) is 11.5 Å². The fourth-order valence-electron chi connectivity index (χ4n) is 0.999. The molecule has 13 heavy (non-hydrogen) atoms. The van der Waals surface area contributed by atoms with Crippen LogP contribution in [-0.2, 0) is 6.67 Å². The number of rotatable bonds is 3. The Labute approximate surface area is 75.1 Å². The second-order valence-corrected chi connectivity index (χ2v) is 2.43. The Kier molecular flexibility index (Phi) is 3.06. The molecule has 0 atom stereocenters. The topological polar surface area (TPSA) is 18.5 Å². The number of hydrogen-bond acceptors (Lipinski definition) is 2. The standard InChI is InChI=1S/C9H10F2O2/c1-12-8-3-6(5-10)7(11)4-9(8)13-2/h3-4H,5H2,1-2H3. The van der Waals surface area contributed by atoms with Crippen LogP contribution in [0.15, 0.2) is 12.1 Å². The SMILES string of the molecule is COc1cc(F)c(CF)cc1OC. The van der Waals surface area contributed by atoms with E-state index in [1.54, 1.807) is 0 Å². The van der Waals surface area contributed by atoms with Gasteiger partial charge < -0.3 is 9.47 Å². The molecule has 0 unspecified atom stereocenters. The Hall–Kier alpha value is -1.32. The lowest BCUT2D eigenvalue weighted by Crippen LogP contribution is -1.94. The summed E-state index contributed by atoms with van der Waals surface area (Å²) in [6.07, 6.45) is 0. The molecule has 72 valence electrons. The summed E-state index contributed by atoms with van der Waals surface area (Å²) in [6, 6.07) is 2.39. The smallest absolute Gasteiger partial charge is 0.163 e. The van der Waals surface area contributed by atoms with Gasteiger partial charge in [0.25, 0.3) is 0 Å². The van der Waals surface area contributed by atoms with Gasteiger partial charge in [-0.05, 0) is 6.07 Å². The zero-order valence-electron chi connectivity index (χ0n) is 7.43. The molecule has 0 fully saturated rings. The summed E-state index contributed by atoms with van der Waals surface area (Å²) in [4.78, 5) is 0. The van der Waals surface area contributed by atoms with Crippen molar-refractivity contribution in [2.45, 2.75) is 6.67 Å². The Morgan fingerprint density at radius 2 is 1.69 bits per heavy atom. The molecule has 0 aliphatic heterocycles. The van der Waals surface area contributed by atoms with Gasteiger partial charge in [0.1, 0.15) is 12.5 Å². The molecule has 4 heteroatoms. The lowest BCUT2D eigenvalue weighted by Gasteiger charge is -2.08. The average Bonchev–Trinajstić information content (AvgIpc) is 2.17. The van der Waals surface area contributed by atoms with Crippen LogP contribution in [0.4, 0.5) is 8.78 Å². The molecule has 2 nitrogen and oxygen atoms in total. The van der Waals surface area contributed by atoms with Gasteiger partial charge in [0.15, 0.2) is 11.5 Å². The zero-order valence-corrected chi connectivity index (χ0v) is 7.43. The third kappa shape index (κ3) is 1.88. The van der Waals surface area contributed by atoms with E-state index >= 15 is 0 Å². The van der Waals surface area contributed by atoms with Crippen molar-refractivity contribution >= 4 is 0 Å². The van der Waals surface area contributed by atoms with Gasteiger partial charge in [-0.2, -0.15) is 0 Å². The fraction of sp³-hybridized carbons (Fsp3) is 0.333. The lowest BCUT2D eigenvalue weighted by atomic mass is 10.2. The summed E-state index contributed by atoms with van der Waals surface area (Å²) >= 11 is 0. The van der Waals surface area contributed by atoms with E-state index in [4.69, 9.17) is 9.47 Å². The molecule has 0 bridgehead atoms. The van der Waals surface area contributed by atoms with Crippen LogP contribution >= 0.6 is 0 Å². The number of ether oxygens (including phenoxy) is 2.